The normalized spacial score (nSPS) is 10.0. The molecule has 5 nitrogen and oxygen atoms in total. The van der Waals surface area contributed by atoms with Crippen molar-refractivity contribution in [1.82, 2.24) is 0 Å². The number of anilines is 2. The summed E-state index contributed by atoms with van der Waals surface area (Å²) >= 11 is 3.34. The number of amides is 2. The van der Waals surface area contributed by atoms with Crippen LogP contribution in [0, 0.1) is 11.3 Å². The molecule has 3 rings (SSSR count). The molecule has 0 saturated carbocycles. The first-order valence-corrected chi connectivity index (χ1v) is 9.29. The van der Waals surface area contributed by atoms with Crippen LogP contribution in [-0.4, -0.2) is 11.8 Å². The molecular weight excluding hydrogens is 418 g/mol. The van der Waals surface area contributed by atoms with E-state index in [4.69, 9.17) is 5.26 Å². The summed E-state index contributed by atoms with van der Waals surface area (Å²) in [7, 11) is 0. The Morgan fingerprint density at radius 2 is 1.43 bits per heavy atom. The third-order valence-electron chi connectivity index (χ3n) is 3.96. The second kappa shape index (κ2) is 8.98. The zero-order valence-electron chi connectivity index (χ0n) is 14.8. The number of carbonyl (C=O) groups excluding carboxylic acids is 2. The molecule has 138 valence electrons. The van der Waals surface area contributed by atoms with Crippen LogP contribution in [0.15, 0.2) is 77.3 Å². The minimum atomic E-state index is -0.286. The van der Waals surface area contributed by atoms with Gasteiger partial charge in [-0.3, -0.25) is 9.59 Å². The number of rotatable bonds is 5. The second-order valence-corrected chi connectivity index (χ2v) is 6.95. The molecule has 0 spiro atoms. The fourth-order valence-electron chi connectivity index (χ4n) is 2.57. The SMILES string of the molecule is N#CCc1ccc(NC(=O)c2cccc(NC(=O)c3cccc(Br)c3)c2)cc1. The van der Waals surface area contributed by atoms with Crippen LogP contribution >= 0.6 is 15.9 Å². The van der Waals surface area contributed by atoms with E-state index in [0.717, 1.165) is 10.0 Å². The zero-order chi connectivity index (χ0) is 19.9. The molecule has 0 radical (unpaired) electrons. The molecule has 0 unspecified atom stereocenters. The van der Waals surface area contributed by atoms with Gasteiger partial charge in [-0.1, -0.05) is 40.2 Å². The number of halogens is 1. The highest BCUT2D eigenvalue weighted by molar-refractivity contribution is 9.10. The van der Waals surface area contributed by atoms with E-state index in [1.165, 1.54) is 0 Å². The van der Waals surface area contributed by atoms with Crippen molar-refractivity contribution in [3.05, 3.63) is 94.0 Å². The Morgan fingerprint density at radius 1 is 0.821 bits per heavy atom. The summed E-state index contributed by atoms with van der Waals surface area (Å²) in [6.45, 7) is 0. The van der Waals surface area contributed by atoms with Crippen LogP contribution in [0.25, 0.3) is 0 Å². The van der Waals surface area contributed by atoms with Crippen molar-refractivity contribution in [3.8, 4) is 6.07 Å². The number of benzene rings is 3. The lowest BCUT2D eigenvalue weighted by atomic mass is 10.1. The highest BCUT2D eigenvalue weighted by atomic mass is 79.9. The predicted molar refractivity (Wildman–Crippen MR) is 112 cm³/mol. The molecule has 28 heavy (non-hydrogen) atoms. The second-order valence-electron chi connectivity index (χ2n) is 6.03. The number of nitriles is 1. The minimum absolute atomic E-state index is 0.257. The van der Waals surface area contributed by atoms with E-state index in [2.05, 4.69) is 32.6 Å². The van der Waals surface area contributed by atoms with Gasteiger partial charge in [0.05, 0.1) is 12.5 Å². The van der Waals surface area contributed by atoms with E-state index in [-0.39, 0.29) is 11.8 Å². The molecule has 0 aliphatic carbocycles. The van der Waals surface area contributed by atoms with E-state index in [1.54, 1.807) is 66.7 Å². The maximum absolute atomic E-state index is 12.5. The first-order chi connectivity index (χ1) is 13.5. The Labute approximate surface area is 171 Å². The fourth-order valence-corrected chi connectivity index (χ4v) is 2.97. The average molecular weight is 434 g/mol. The Hall–Kier alpha value is -3.43. The maximum atomic E-state index is 12.5. The van der Waals surface area contributed by atoms with Gasteiger partial charge in [-0.05, 0) is 54.1 Å². The lowest BCUT2D eigenvalue weighted by Crippen LogP contribution is -2.14. The van der Waals surface area contributed by atoms with Crippen LogP contribution in [-0.2, 0) is 6.42 Å². The smallest absolute Gasteiger partial charge is 0.255 e. The number of carbonyl (C=O) groups is 2. The molecule has 0 saturated heterocycles. The van der Waals surface area contributed by atoms with Gasteiger partial charge in [0.1, 0.15) is 0 Å². The van der Waals surface area contributed by atoms with E-state index in [9.17, 15) is 9.59 Å². The van der Waals surface area contributed by atoms with Crippen LogP contribution in [0.3, 0.4) is 0 Å². The molecule has 0 aliphatic rings. The standard InChI is InChI=1S/C22H16BrN3O2/c23-18-5-1-3-16(13-18)21(27)26-20-6-2-4-17(14-20)22(28)25-19-9-7-15(8-10-19)11-12-24/h1-10,13-14H,11H2,(H,25,28)(H,26,27). The quantitative estimate of drug-likeness (QED) is 0.592. The fraction of sp³-hybridized carbons (Fsp3) is 0.0455. The summed E-state index contributed by atoms with van der Waals surface area (Å²) in [5.41, 5.74) is 2.99. The van der Waals surface area contributed by atoms with Crippen molar-refractivity contribution in [3.63, 3.8) is 0 Å². The van der Waals surface area contributed by atoms with Crippen molar-refractivity contribution < 1.29 is 9.59 Å². The van der Waals surface area contributed by atoms with Gasteiger partial charge in [0.25, 0.3) is 11.8 Å². The van der Waals surface area contributed by atoms with Gasteiger partial charge in [-0.25, -0.2) is 0 Å². The molecular formula is C22H16BrN3O2. The van der Waals surface area contributed by atoms with E-state index in [0.29, 0.717) is 28.9 Å². The summed E-state index contributed by atoms with van der Waals surface area (Å²) in [6.07, 6.45) is 0.327. The van der Waals surface area contributed by atoms with E-state index in [1.807, 2.05) is 6.07 Å². The molecule has 0 bridgehead atoms. The van der Waals surface area contributed by atoms with Crippen molar-refractivity contribution in [2.24, 2.45) is 0 Å². The van der Waals surface area contributed by atoms with Crippen LogP contribution in [0.2, 0.25) is 0 Å². The van der Waals surface area contributed by atoms with Gasteiger partial charge in [0.2, 0.25) is 0 Å². The summed E-state index contributed by atoms with van der Waals surface area (Å²) in [6, 6.07) is 23.0. The van der Waals surface area contributed by atoms with Crippen LogP contribution in [0.5, 0.6) is 0 Å². The molecule has 6 heteroatoms. The van der Waals surface area contributed by atoms with Crippen LogP contribution in [0.1, 0.15) is 26.3 Å². The third-order valence-corrected chi connectivity index (χ3v) is 4.46. The average Bonchev–Trinajstić information content (AvgIpc) is 2.70. The van der Waals surface area contributed by atoms with Gasteiger partial charge in [-0.2, -0.15) is 5.26 Å². The first kappa shape index (κ1) is 19.3. The Balaban J connectivity index is 1.69. The summed E-state index contributed by atoms with van der Waals surface area (Å²) in [4.78, 5) is 24.9. The molecule has 0 heterocycles. The number of hydrogen-bond donors (Lipinski definition) is 2. The van der Waals surface area contributed by atoms with E-state index >= 15 is 0 Å². The zero-order valence-corrected chi connectivity index (χ0v) is 16.4. The third kappa shape index (κ3) is 5.06. The predicted octanol–water partition coefficient (Wildman–Crippen LogP) is 5.02. The van der Waals surface area contributed by atoms with Crippen LogP contribution < -0.4 is 10.6 Å². The van der Waals surface area contributed by atoms with Gasteiger partial charge < -0.3 is 10.6 Å². The Morgan fingerprint density at radius 3 is 2.07 bits per heavy atom. The number of nitrogens with one attached hydrogen (secondary N) is 2. The van der Waals surface area contributed by atoms with E-state index < -0.39 is 0 Å². The topological polar surface area (TPSA) is 82.0 Å². The molecule has 0 aromatic heterocycles. The molecule has 2 amide bonds. The maximum Gasteiger partial charge on any atom is 0.255 e. The molecule has 0 atom stereocenters. The number of hydrogen-bond acceptors (Lipinski definition) is 3. The van der Waals surface area contributed by atoms with Gasteiger partial charge >= 0.3 is 0 Å². The number of nitrogens with zero attached hydrogens (tertiary/aromatic N) is 1. The first-order valence-electron chi connectivity index (χ1n) is 8.49. The molecule has 0 aliphatic heterocycles. The summed E-state index contributed by atoms with van der Waals surface area (Å²) in [5, 5.41) is 14.3. The van der Waals surface area contributed by atoms with Gasteiger partial charge in [0, 0.05) is 27.0 Å². The van der Waals surface area contributed by atoms with Gasteiger partial charge in [-0.15, -0.1) is 0 Å². The lowest BCUT2D eigenvalue weighted by Gasteiger charge is -2.09. The molecule has 3 aromatic rings. The van der Waals surface area contributed by atoms with Crippen molar-refractivity contribution >= 4 is 39.1 Å². The molecule has 0 fully saturated rings. The molecule has 3 aromatic carbocycles. The van der Waals surface area contributed by atoms with Crippen molar-refractivity contribution in [2.75, 3.05) is 10.6 Å². The van der Waals surface area contributed by atoms with Crippen LogP contribution in [0.4, 0.5) is 11.4 Å². The summed E-state index contributed by atoms with van der Waals surface area (Å²) < 4.78 is 0.814. The Kier molecular flexibility index (Phi) is 6.20. The van der Waals surface area contributed by atoms with Crippen molar-refractivity contribution in [2.45, 2.75) is 6.42 Å². The minimum Gasteiger partial charge on any atom is -0.322 e. The largest absolute Gasteiger partial charge is 0.322 e. The summed E-state index contributed by atoms with van der Waals surface area (Å²) in [5.74, 6) is -0.543. The monoisotopic (exact) mass is 433 g/mol. The highest BCUT2D eigenvalue weighted by Gasteiger charge is 2.10. The lowest BCUT2D eigenvalue weighted by molar-refractivity contribution is 0.101. The molecule has 2 N–H and O–H groups in total. The van der Waals surface area contributed by atoms with Gasteiger partial charge in [0.15, 0.2) is 0 Å². The van der Waals surface area contributed by atoms with Crippen molar-refractivity contribution in [1.29, 1.82) is 5.26 Å². The highest BCUT2D eigenvalue weighted by Crippen LogP contribution is 2.17. The Bertz CT molecular complexity index is 1060.